The summed E-state index contributed by atoms with van der Waals surface area (Å²) in [5, 5.41) is 29.2. The standard InChI is InChI=1S/C40H38FN5O6/c1-50-38-24(20-46-15-13-27(47)22-46)8-11-35(44-38)51-34-10-9-29-28(4-2-5-30(29)34)31-6-3-7-32(36(31)41)39-43-33-17-23(16-26(18-42)37(33)52-39)19-45-14-12-25(21-45)40(48)49/h2-8,11,16-17,25,27,34,47H,9-10,12-15,19-22H2,1H3,(H,48,49)/t25-,27-,34-/m1/s1. The fraction of sp³-hybridized carbons (Fsp3) is 0.350. The van der Waals surface area contributed by atoms with Crippen molar-refractivity contribution in [2.24, 2.45) is 5.92 Å². The molecular formula is C40H38FN5O6. The molecule has 0 amide bonds. The quantitative estimate of drug-likeness (QED) is 0.174. The molecule has 0 saturated carbocycles. The molecule has 12 heteroatoms. The normalized spacial score (nSPS) is 20.3. The number of carboxylic acid groups (broad SMARTS) is 1. The van der Waals surface area contributed by atoms with Gasteiger partial charge in [0, 0.05) is 49.9 Å². The van der Waals surface area contributed by atoms with E-state index in [-0.39, 0.29) is 34.8 Å². The number of aliphatic carboxylic acids is 1. The van der Waals surface area contributed by atoms with Gasteiger partial charge < -0.3 is 24.1 Å². The largest absolute Gasteiger partial charge is 0.481 e. The number of hydrogen-bond donors (Lipinski definition) is 2. The second kappa shape index (κ2) is 14.0. The third-order valence-corrected chi connectivity index (χ3v) is 10.4. The van der Waals surface area contributed by atoms with Gasteiger partial charge in [-0.1, -0.05) is 30.3 Å². The Kier molecular flexibility index (Phi) is 9.09. The van der Waals surface area contributed by atoms with Crippen LogP contribution in [0.15, 0.2) is 65.1 Å². The number of aromatic nitrogens is 2. The van der Waals surface area contributed by atoms with Crippen LogP contribution in [0.25, 0.3) is 33.7 Å². The second-order valence-corrected chi connectivity index (χ2v) is 13.9. The number of hydrogen-bond acceptors (Lipinski definition) is 10. The summed E-state index contributed by atoms with van der Waals surface area (Å²) < 4.78 is 34.6. The molecule has 2 N–H and O–H groups in total. The van der Waals surface area contributed by atoms with E-state index in [9.17, 15) is 20.3 Å². The number of carbonyl (C=O) groups is 1. The predicted octanol–water partition coefficient (Wildman–Crippen LogP) is 6.12. The van der Waals surface area contributed by atoms with Crippen molar-refractivity contribution >= 4 is 17.1 Å². The van der Waals surface area contributed by atoms with Crippen molar-refractivity contribution < 1.29 is 33.3 Å². The average Bonchev–Trinajstić information content (AvgIpc) is 3.96. The average molecular weight is 704 g/mol. The van der Waals surface area contributed by atoms with Gasteiger partial charge in [-0.3, -0.25) is 14.6 Å². The number of ether oxygens (including phenoxy) is 2. The Hall–Kier alpha value is -5.35. The molecule has 0 spiro atoms. The van der Waals surface area contributed by atoms with Gasteiger partial charge in [-0.2, -0.15) is 10.2 Å². The molecule has 2 aromatic heterocycles. The number of fused-ring (bicyclic) bond motifs is 2. The number of aliphatic hydroxyl groups is 1. The minimum absolute atomic E-state index is 0.0771. The number of nitrogens with zero attached hydrogens (tertiary/aromatic N) is 5. The Morgan fingerprint density at radius 3 is 2.56 bits per heavy atom. The van der Waals surface area contributed by atoms with Crippen LogP contribution in [-0.2, 0) is 24.3 Å². The summed E-state index contributed by atoms with van der Waals surface area (Å²) in [5.41, 5.74) is 6.08. The van der Waals surface area contributed by atoms with Gasteiger partial charge >= 0.3 is 5.97 Å². The maximum absolute atomic E-state index is 16.5. The van der Waals surface area contributed by atoms with Crippen LogP contribution in [0.2, 0.25) is 0 Å². The summed E-state index contributed by atoms with van der Waals surface area (Å²) in [4.78, 5) is 24.9. The first-order chi connectivity index (χ1) is 25.3. The van der Waals surface area contributed by atoms with Crippen LogP contribution in [0.4, 0.5) is 4.39 Å². The summed E-state index contributed by atoms with van der Waals surface area (Å²) >= 11 is 0. The first kappa shape index (κ1) is 33.8. The Bertz CT molecular complexity index is 2220. The van der Waals surface area contributed by atoms with Crippen molar-refractivity contribution in [1.82, 2.24) is 19.8 Å². The number of likely N-dealkylation sites (tertiary alicyclic amines) is 2. The van der Waals surface area contributed by atoms with E-state index in [0.29, 0.717) is 74.8 Å². The molecule has 8 rings (SSSR count). The van der Waals surface area contributed by atoms with Crippen LogP contribution in [0, 0.1) is 23.1 Å². The zero-order valence-electron chi connectivity index (χ0n) is 28.7. The zero-order valence-corrected chi connectivity index (χ0v) is 28.7. The number of halogens is 1. The maximum Gasteiger partial charge on any atom is 0.307 e. The van der Waals surface area contributed by atoms with E-state index < -0.39 is 17.7 Å². The molecule has 2 aliphatic heterocycles. The SMILES string of the molecule is COc1nc(O[C@@H]2CCc3c(-c4cccc(-c5nc6cc(CN7CC[C@@H](C(=O)O)C7)cc(C#N)c6o5)c4F)cccc32)ccc1CN1CC[C@@H](O)C1. The molecule has 0 bridgehead atoms. The van der Waals surface area contributed by atoms with E-state index >= 15 is 4.39 Å². The lowest BCUT2D eigenvalue weighted by molar-refractivity contribution is -0.141. The van der Waals surface area contributed by atoms with Gasteiger partial charge in [0.15, 0.2) is 5.58 Å². The Morgan fingerprint density at radius 1 is 1.00 bits per heavy atom. The number of β-amino-alcohol motifs (C(OH)–C–C–N with tert-alkyl or cyclic N) is 1. The minimum Gasteiger partial charge on any atom is -0.481 e. The summed E-state index contributed by atoms with van der Waals surface area (Å²) in [6.07, 6.45) is 2.15. The van der Waals surface area contributed by atoms with Crippen molar-refractivity contribution in [2.45, 2.75) is 51.0 Å². The third kappa shape index (κ3) is 6.47. The van der Waals surface area contributed by atoms with E-state index in [1.807, 2.05) is 41.3 Å². The van der Waals surface area contributed by atoms with Gasteiger partial charge in [0.05, 0.1) is 30.3 Å². The van der Waals surface area contributed by atoms with Crippen molar-refractivity contribution in [1.29, 1.82) is 5.26 Å². The first-order valence-corrected chi connectivity index (χ1v) is 17.6. The Labute approximate surface area is 299 Å². The number of carboxylic acids is 1. The topological polar surface area (TPSA) is 145 Å². The Morgan fingerprint density at radius 2 is 1.79 bits per heavy atom. The number of nitriles is 1. The van der Waals surface area contributed by atoms with Crippen LogP contribution in [0.5, 0.6) is 11.8 Å². The van der Waals surface area contributed by atoms with Gasteiger partial charge in [0.25, 0.3) is 0 Å². The number of pyridine rings is 1. The summed E-state index contributed by atoms with van der Waals surface area (Å²) in [6, 6.07) is 20.5. The predicted molar refractivity (Wildman–Crippen MR) is 189 cm³/mol. The number of methoxy groups -OCH3 is 1. The molecule has 2 saturated heterocycles. The third-order valence-electron chi connectivity index (χ3n) is 10.4. The fourth-order valence-electron chi connectivity index (χ4n) is 7.87. The molecule has 1 aliphatic carbocycles. The van der Waals surface area contributed by atoms with Crippen molar-refractivity contribution in [3.05, 3.63) is 94.3 Å². The molecule has 3 atom stereocenters. The van der Waals surface area contributed by atoms with Crippen LogP contribution in [0.1, 0.15) is 53.2 Å². The van der Waals surface area contributed by atoms with Gasteiger partial charge in [0.1, 0.15) is 23.5 Å². The van der Waals surface area contributed by atoms with Crippen molar-refractivity contribution in [2.75, 3.05) is 33.3 Å². The fourth-order valence-corrected chi connectivity index (χ4v) is 7.87. The van der Waals surface area contributed by atoms with Crippen LogP contribution < -0.4 is 9.47 Å². The van der Waals surface area contributed by atoms with E-state index in [2.05, 4.69) is 20.9 Å². The zero-order chi connectivity index (χ0) is 35.9. The van der Waals surface area contributed by atoms with Crippen LogP contribution >= 0.6 is 0 Å². The van der Waals surface area contributed by atoms with E-state index in [1.54, 1.807) is 31.4 Å². The van der Waals surface area contributed by atoms with Gasteiger partial charge in [0.2, 0.25) is 17.7 Å². The summed E-state index contributed by atoms with van der Waals surface area (Å²) in [7, 11) is 1.59. The number of aliphatic hydroxyl groups excluding tert-OH is 1. The molecule has 2 fully saturated rings. The number of oxazole rings is 1. The van der Waals surface area contributed by atoms with Crippen molar-refractivity contribution in [3.63, 3.8) is 0 Å². The lowest BCUT2D eigenvalue weighted by atomic mass is 9.95. The van der Waals surface area contributed by atoms with E-state index in [1.165, 1.54) is 0 Å². The van der Waals surface area contributed by atoms with Crippen molar-refractivity contribution in [3.8, 4) is 40.4 Å². The van der Waals surface area contributed by atoms with Gasteiger partial charge in [-0.15, -0.1) is 0 Å². The molecule has 266 valence electrons. The van der Waals surface area contributed by atoms with Gasteiger partial charge in [-0.05, 0) is 78.7 Å². The highest BCUT2D eigenvalue weighted by molar-refractivity contribution is 5.83. The molecule has 0 radical (unpaired) electrons. The van der Waals surface area contributed by atoms with Crippen LogP contribution in [-0.4, -0.2) is 75.3 Å². The molecule has 52 heavy (non-hydrogen) atoms. The molecule has 0 unspecified atom stereocenters. The molecular weight excluding hydrogens is 665 g/mol. The molecule has 4 heterocycles. The molecule has 3 aliphatic rings. The Balaban J connectivity index is 1.04. The molecule has 5 aromatic rings. The lowest BCUT2D eigenvalue weighted by Crippen LogP contribution is -2.22. The molecule has 11 nitrogen and oxygen atoms in total. The lowest BCUT2D eigenvalue weighted by Gasteiger charge is -2.19. The maximum atomic E-state index is 16.5. The van der Waals surface area contributed by atoms with E-state index in [4.69, 9.17) is 13.9 Å². The van der Waals surface area contributed by atoms with Gasteiger partial charge in [-0.25, -0.2) is 9.37 Å². The minimum atomic E-state index is -0.800. The highest BCUT2D eigenvalue weighted by atomic mass is 19.1. The summed E-state index contributed by atoms with van der Waals surface area (Å²) in [5.74, 6) is -0.673. The number of rotatable bonds is 10. The smallest absolute Gasteiger partial charge is 0.307 e. The summed E-state index contributed by atoms with van der Waals surface area (Å²) in [6.45, 7) is 3.65. The highest BCUT2D eigenvalue weighted by Gasteiger charge is 2.30. The van der Waals surface area contributed by atoms with Crippen LogP contribution in [0.3, 0.4) is 0 Å². The first-order valence-electron chi connectivity index (χ1n) is 17.6. The van der Waals surface area contributed by atoms with E-state index in [0.717, 1.165) is 40.8 Å². The number of benzene rings is 3. The highest BCUT2D eigenvalue weighted by Crippen LogP contribution is 2.42. The second-order valence-electron chi connectivity index (χ2n) is 13.9. The molecule has 3 aromatic carbocycles. The monoisotopic (exact) mass is 703 g/mol.